The van der Waals surface area contributed by atoms with E-state index >= 15 is 0 Å². The molecular weight excluding hydrogens is 242 g/mol. The molecular formula is C7H8ClN3O3S. The lowest BCUT2D eigenvalue weighted by Gasteiger charge is -2.00. The molecule has 0 radical (unpaired) electrons. The standard InChI is InChI=1S/C7H8ClN3O3S/c1-14-4(12)2-3-9-5(13)6-10-11-7(8)15-6/h2-3H2,1H3,(H,9,13). The third kappa shape index (κ3) is 3.80. The number of halogens is 1. The predicted octanol–water partition coefficient (Wildman–Crippen LogP) is 0.484. The molecule has 82 valence electrons. The molecule has 8 heteroatoms. The van der Waals surface area contributed by atoms with Crippen LogP contribution in [0.2, 0.25) is 4.47 Å². The lowest BCUT2D eigenvalue weighted by Crippen LogP contribution is -2.26. The first-order valence-corrected chi connectivity index (χ1v) is 5.17. The molecule has 0 saturated heterocycles. The van der Waals surface area contributed by atoms with E-state index in [4.69, 9.17) is 11.6 Å². The molecule has 6 nitrogen and oxygen atoms in total. The third-order valence-corrected chi connectivity index (χ3v) is 2.45. The first-order valence-electron chi connectivity index (χ1n) is 3.97. The van der Waals surface area contributed by atoms with Gasteiger partial charge in [-0.1, -0.05) is 11.3 Å². The van der Waals surface area contributed by atoms with Crippen LogP contribution < -0.4 is 5.32 Å². The average Bonchev–Trinajstić information content (AvgIpc) is 2.64. The van der Waals surface area contributed by atoms with Crippen LogP contribution in [0.15, 0.2) is 0 Å². The maximum absolute atomic E-state index is 11.3. The van der Waals surface area contributed by atoms with Gasteiger partial charge in [-0.2, -0.15) is 0 Å². The van der Waals surface area contributed by atoms with Crippen molar-refractivity contribution in [2.75, 3.05) is 13.7 Å². The maximum atomic E-state index is 11.3. The summed E-state index contributed by atoms with van der Waals surface area (Å²) in [6.45, 7) is 0.197. The molecule has 1 heterocycles. The summed E-state index contributed by atoms with van der Waals surface area (Å²) in [5.41, 5.74) is 0. The van der Waals surface area contributed by atoms with E-state index < -0.39 is 5.91 Å². The fourth-order valence-corrected chi connectivity index (χ4v) is 1.50. The highest BCUT2D eigenvalue weighted by Crippen LogP contribution is 2.14. The van der Waals surface area contributed by atoms with E-state index in [1.54, 1.807) is 0 Å². The lowest BCUT2D eigenvalue weighted by molar-refractivity contribution is -0.140. The molecule has 0 aliphatic rings. The van der Waals surface area contributed by atoms with Gasteiger partial charge in [0, 0.05) is 6.54 Å². The Labute approximate surface area is 94.6 Å². The van der Waals surface area contributed by atoms with Crippen LogP contribution in [-0.2, 0) is 9.53 Å². The third-order valence-electron chi connectivity index (χ3n) is 1.44. The second-order valence-electron chi connectivity index (χ2n) is 2.44. The average molecular weight is 250 g/mol. The van der Waals surface area contributed by atoms with Gasteiger partial charge in [0.1, 0.15) is 0 Å². The van der Waals surface area contributed by atoms with Crippen molar-refractivity contribution in [3.05, 3.63) is 9.47 Å². The maximum Gasteiger partial charge on any atom is 0.307 e. The van der Waals surface area contributed by atoms with Crippen molar-refractivity contribution in [3.8, 4) is 0 Å². The molecule has 0 fully saturated rings. The second kappa shape index (κ2) is 5.62. The lowest BCUT2D eigenvalue weighted by atomic mass is 10.4. The van der Waals surface area contributed by atoms with E-state index in [0.29, 0.717) is 0 Å². The summed E-state index contributed by atoms with van der Waals surface area (Å²) < 4.78 is 4.61. The van der Waals surface area contributed by atoms with Crippen molar-refractivity contribution in [1.29, 1.82) is 0 Å². The molecule has 1 rings (SSSR count). The van der Waals surface area contributed by atoms with Crippen LogP contribution in [0.1, 0.15) is 16.2 Å². The van der Waals surface area contributed by atoms with Crippen LogP contribution in [0.5, 0.6) is 0 Å². The van der Waals surface area contributed by atoms with Crippen LogP contribution in [0, 0.1) is 0 Å². The minimum absolute atomic E-state index is 0.120. The quantitative estimate of drug-likeness (QED) is 0.785. The van der Waals surface area contributed by atoms with E-state index in [0.717, 1.165) is 11.3 Å². The Morgan fingerprint density at radius 1 is 1.53 bits per heavy atom. The summed E-state index contributed by atoms with van der Waals surface area (Å²) in [4.78, 5) is 22.0. The number of aromatic nitrogens is 2. The Morgan fingerprint density at radius 2 is 2.27 bits per heavy atom. The van der Waals surface area contributed by atoms with Crippen molar-refractivity contribution in [2.24, 2.45) is 0 Å². The molecule has 1 aromatic heterocycles. The Balaban J connectivity index is 2.34. The predicted molar refractivity (Wildman–Crippen MR) is 53.9 cm³/mol. The van der Waals surface area contributed by atoms with Gasteiger partial charge in [-0.15, -0.1) is 10.2 Å². The van der Waals surface area contributed by atoms with Crippen LogP contribution in [0.3, 0.4) is 0 Å². The Hall–Kier alpha value is -1.21. The van der Waals surface area contributed by atoms with Gasteiger partial charge in [0.25, 0.3) is 5.91 Å². The first kappa shape index (κ1) is 11.9. The van der Waals surface area contributed by atoms with E-state index in [9.17, 15) is 9.59 Å². The minimum Gasteiger partial charge on any atom is -0.469 e. The zero-order valence-electron chi connectivity index (χ0n) is 7.82. The number of carbonyl (C=O) groups excluding carboxylic acids is 2. The fraction of sp³-hybridized carbons (Fsp3) is 0.429. The highest BCUT2D eigenvalue weighted by atomic mass is 35.5. The molecule has 0 saturated carbocycles. The molecule has 0 aliphatic heterocycles. The molecule has 0 unspecified atom stereocenters. The molecule has 1 amide bonds. The Bertz CT molecular complexity index is 368. The zero-order valence-corrected chi connectivity index (χ0v) is 9.39. The fourth-order valence-electron chi connectivity index (χ4n) is 0.753. The Kier molecular flexibility index (Phi) is 4.44. The van der Waals surface area contributed by atoms with Gasteiger partial charge in [-0.05, 0) is 11.6 Å². The monoisotopic (exact) mass is 249 g/mol. The van der Waals surface area contributed by atoms with Crippen LogP contribution >= 0.6 is 22.9 Å². The molecule has 15 heavy (non-hydrogen) atoms. The summed E-state index contributed by atoms with van der Waals surface area (Å²) in [5.74, 6) is -0.783. The number of esters is 1. The molecule has 0 bridgehead atoms. The summed E-state index contributed by atoms with van der Waals surface area (Å²) in [7, 11) is 1.29. The summed E-state index contributed by atoms with van der Waals surface area (Å²) in [5, 5.41) is 9.68. The molecule has 0 aromatic carbocycles. The number of hydrogen-bond donors (Lipinski definition) is 1. The van der Waals surface area contributed by atoms with Gasteiger partial charge >= 0.3 is 5.97 Å². The number of amides is 1. The van der Waals surface area contributed by atoms with Gasteiger partial charge < -0.3 is 10.1 Å². The summed E-state index contributed by atoms with van der Waals surface area (Å²) in [6.07, 6.45) is 0.120. The number of nitrogens with zero attached hydrogens (tertiary/aromatic N) is 2. The van der Waals surface area contributed by atoms with Gasteiger partial charge in [0.15, 0.2) is 0 Å². The molecule has 0 atom stereocenters. The Morgan fingerprint density at radius 3 is 2.80 bits per heavy atom. The smallest absolute Gasteiger partial charge is 0.307 e. The van der Waals surface area contributed by atoms with E-state index in [1.807, 2.05) is 0 Å². The van der Waals surface area contributed by atoms with E-state index in [1.165, 1.54) is 7.11 Å². The van der Waals surface area contributed by atoms with Crippen molar-refractivity contribution in [1.82, 2.24) is 15.5 Å². The van der Waals surface area contributed by atoms with Crippen LogP contribution in [-0.4, -0.2) is 35.7 Å². The van der Waals surface area contributed by atoms with Crippen LogP contribution in [0.4, 0.5) is 0 Å². The van der Waals surface area contributed by atoms with Crippen molar-refractivity contribution in [2.45, 2.75) is 6.42 Å². The number of nitrogens with one attached hydrogen (secondary N) is 1. The highest BCUT2D eigenvalue weighted by Gasteiger charge is 2.11. The SMILES string of the molecule is COC(=O)CCNC(=O)c1nnc(Cl)s1. The van der Waals surface area contributed by atoms with Crippen molar-refractivity contribution < 1.29 is 14.3 Å². The second-order valence-corrected chi connectivity index (χ2v) is 4.00. The topological polar surface area (TPSA) is 81.2 Å². The number of carbonyl (C=O) groups is 2. The van der Waals surface area contributed by atoms with Gasteiger partial charge in [-0.3, -0.25) is 9.59 Å². The largest absolute Gasteiger partial charge is 0.469 e. The first-order chi connectivity index (χ1) is 7.13. The van der Waals surface area contributed by atoms with Crippen molar-refractivity contribution in [3.63, 3.8) is 0 Å². The number of ether oxygens (including phenoxy) is 1. The zero-order chi connectivity index (χ0) is 11.3. The number of rotatable bonds is 4. The number of hydrogen-bond acceptors (Lipinski definition) is 6. The molecule has 0 aliphatic carbocycles. The normalized spacial score (nSPS) is 9.73. The molecule has 1 N–H and O–H groups in total. The molecule has 1 aromatic rings. The van der Waals surface area contributed by atoms with Gasteiger partial charge in [0.2, 0.25) is 9.47 Å². The number of methoxy groups -OCH3 is 1. The van der Waals surface area contributed by atoms with Crippen molar-refractivity contribution >= 4 is 34.8 Å². The van der Waals surface area contributed by atoms with Crippen LogP contribution in [0.25, 0.3) is 0 Å². The van der Waals surface area contributed by atoms with E-state index in [2.05, 4.69) is 20.3 Å². The summed E-state index contributed by atoms with van der Waals surface area (Å²) >= 11 is 6.48. The summed E-state index contributed by atoms with van der Waals surface area (Å²) in [6, 6.07) is 0. The highest BCUT2D eigenvalue weighted by molar-refractivity contribution is 7.17. The molecule has 0 spiro atoms. The van der Waals surface area contributed by atoms with E-state index in [-0.39, 0.29) is 28.4 Å². The van der Waals surface area contributed by atoms with Gasteiger partial charge in [0.05, 0.1) is 13.5 Å². The minimum atomic E-state index is -0.400. The van der Waals surface area contributed by atoms with Gasteiger partial charge in [-0.25, -0.2) is 0 Å².